The van der Waals surface area contributed by atoms with Crippen LogP contribution in [-0.2, 0) is 4.79 Å². The number of hydrogen-bond acceptors (Lipinski definition) is 4. The summed E-state index contributed by atoms with van der Waals surface area (Å²) in [5, 5.41) is 14.7. The Bertz CT molecular complexity index is 505. The molecule has 5 heteroatoms. The third-order valence-electron chi connectivity index (χ3n) is 2.53. The van der Waals surface area contributed by atoms with Gasteiger partial charge >= 0.3 is 0 Å². The highest BCUT2D eigenvalue weighted by Crippen LogP contribution is 2.33. The van der Waals surface area contributed by atoms with Crippen molar-refractivity contribution >= 4 is 28.6 Å². The predicted octanol–water partition coefficient (Wildman–Crippen LogP) is 3.04. The van der Waals surface area contributed by atoms with Gasteiger partial charge < -0.3 is 10.4 Å². The first-order chi connectivity index (χ1) is 8.70. The van der Waals surface area contributed by atoms with Gasteiger partial charge in [-0.3, -0.25) is 4.79 Å². The molecule has 0 unspecified atom stereocenters. The van der Waals surface area contributed by atoms with Crippen LogP contribution in [0.5, 0.6) is 0 Å². The minimum atomic E-state index is -0.626. The maximum absolute atomic E-state index is 11.1. The summed E-state index contributed by atoms with van der Waals surface area (Å²) in [6.07, 6.45) is -0.184. The van der Waals surface area contributed by atoms with Gasteiger partial charge in [-0.05, 0) is 23.6 Å². The molecule has 0 aromatic carbocycles. The van der Waals surface area contributed by atoms with Crippen LogP contribution >= 0.6 is 22.7 Å². The van der Waals surface area contributed by atoms with E-state index in [2.05, 4.69) is 11.4 Å². The molecule has 0 spiro atoms. The Labute approximate surface area is 114 Å². The van der Waals surface area contributed by atoms with E-state index in [4.69, 9.17) is 0 Å². The van der Waals surface area contributed by atoms with Crippen molar-refractivity contribution in [2.75, 3.05) is 6.54 Å². The molecule has 0 aliphatic carbocycles. The molecule has 0 fully saturated rings. The van der Waals surface area contributed by atoms with Gasteiger partial charge in [-0.2, -0.15) is 0 Å². The minimum Gasteiger partial charge on any atom is -0.386 e. The molecule has 96 valence electrons. The van der Waals surface area contributed by atoms with Crippen LogP contribution in [0.25, 0.3) is 9.75 Å². The average molecular weight is 281 g/mol. The van der Waals surface area contributed by atoms with E-state index in [-0.39, 0.29) is 12.5 Å². The Morgan fingerprint density at radius 2 is 2.22 bits per heavy atom. The number of carbonyl (C=O) groups is 1. The molecule has 2 heterocycles. The SMILES string of the molecule is CCC(=O)NC[C@H](O)c1ccc(-c2cccs2)s1. The second-order valence-electron chi connectivity index (χ2n) is 3.85. The summed E-state index contributed by atoms with van der Waals surface area (Å²) in [7, 11) is 0. The Kier molecular flexibility index (Phi) is 4.52. The van der Waals surface area contributed by atoms with E-state index in [0.717, 1.165) is 9.75 Å². The van der Waals surface area contributed by atoms with Gasteiger partial charge in [-0.15, -0.1) is 22.7 Å². The first-order valence-corrected chi connectivity index (χ1v) is 7.48. The van der Waals surface area contributed by atoms with Crippen LogP contribution in [0.2, 0.25) is 0 Å². The zero-order valence-electron chi connectivity index (χ0n) is 10.1. The summed E-state index contributed by atoms with van der Waals surface area (Å²) < 4.78 is 0. The van der Waals surface area contributed by atoms with Crippen molar-refractivity contribution in [3.8, 4) is 9.75 Å². The first kappa shape index (κ1) is 13.3. The first-order valence-electron chi connectivity index (χ1n) is 5.79. The highest BCUT2D eigenvalue weighted by molar-refractivity contribution is 7.21. The Hall–Kier alpha value is -1.17. The topological polar surface area (TPSA) is 49.3 Å². The smallest absolute Gasteiger partial charge is 0.219 e. The van der Waals surface area contributed by atoms with E-state index in [1.165, 1.54) is 4.88 Å². The van der Waals surface area contributed by atoms with Crippen molar-refractivity contribution in [1.82, 2.24) is 5.32 Å². The molecule has 18 heavy (non-hydrogen) atoms. The third-order valence-corrected chi connectivity index (χ3v) is 4.79. The maximum atomic E-state index is 11.1. The van der Waals surface area contributed by atoms with Crippen LogP contribution in [0.4, 0.5) is 0 Å². The number of aliphatic hydroxyl groups excluding tert-OH is 1. The molecule has 2 rings (SSSR count). The average Bonchev–Trinajstić information content (AvgIpc) is 3.04. The van der Waals surface area contributed by atoms with Crippen molar-refractivity contribution < 1.29 is 9.90 Å². The molecule has 1 amide bonds. The molecular weight excluding hydrogens is 266 g/mol. The Morgan fingerprint density at radius 3 is 2.89 bits per heavy atom. The summed E-state index contributed by atoms with van der Waals surface area (Å²) in [6, 6.07) is 8.00. The van der Waals surface area contributed by atoms with Gasteiger partial charge in [0.2, 0.25) is 5.91 Å². The number of aliphatic hydroxyl groups is 1. The van der Waals surface area contributed by atoms with Crippen LogP contribution in [-0.4, -0.2) is 17.6 Å². The molecule has 0 bridgehead atoms. The van der Waals surface area contributed by atoms with Crippen molar-refractivity contribution in [2.45, 2.75) is 19.4 Å². The number of carbonyl (C=O) groups excluding carboxylic acids is 1. The van der Waals surface area contributed by atoms with E-state index < -0.39 is 6.10 Å². The third kappa shape index (κ3) is 3.19. The summed E-state index contributed by atoms with van der Waals surface area (Å²) in [5.74, 6) is -0.0379. The molecular formula is C13H15NO2S2. The molecule has 0 saturated carbocycles. The summed E-state index contributed by atoms with van der Waals surface area (Å²) >= 11 is 3.25. The Balaban J connectivity index is 1.99. The molecule has 3 nitrogen and oxygen atoms in total. The normalized spacial score (nSPS) is 12.3. The van der Waals surface area contributed by atoms with E-state index in [1.54, 1.807) is 29.6 Å². The van der Waals surface area contributed by atoms with Crippen molar-refractivity contribution in [3.05, 3.63) is 34.5 Å². The fourth-order valence-electron chi connectivity index (χ4n) is 1.52. The van der Waals surface area contributed by atoms with Gasteiger partial charge in [0.15, 0.2) is 0 Å². The lowest BCUT2D eigenvalue weighted by atomic mass is 10.2. The summed E-state index contributed by atoms with van der Waals surface area (Å²) in [6.45, 7) is 2.07. The second kappa shape index (κ2) is 6.13. The molecule has 2 aromatic rings. The molecule has 0 radical (unpaired) electrons. The number of hydrogen-bond donors (Lipinski definition) is 2. The lowest BCUT2D eigenvalue weighted by Crippen LogP contribution is -2.27. The highest BCUT2D eigenvalue weighted by atomic mass is 32.1. The molecule has 1 atom stereocenters. The zero-order chi connectivity index (χ0) is 13.0. The molecule has 0 aliphatic heterocycles. The van der Waals surface area contributed by atoms with Gasteiger partial charge in [-0.25, -0.2) is 0 Å². The van der Waals surface area contributed by atoms with E-state index >= 15 is 0 Å². The highest BCUT2D eigenvalue weighted by Gasteiger charge is 2.12. The van der Waals surface area contributed by atoms with Crippen molar-refractivity contribution in [3.63, 3.8) is 0 Å². The number of rotatable bonds is 5. The van der Waals surface area contributed by atoms with E-state index in [0.29, 0.717) is 6.42 Å². The lowest BCUT2D eigenvalue weighted by molar-refractivity contribution is -0.121. The molecule has 2 aromatic heterocycles. The van der Waals surface area contributed by atoms with Gasteiger partial charge in [-0.1, -0.05) is 13.0 Å². The fourth-order valence-corrected chi connectivity index (χ4v) is 3.35. The summed E-state index contributed by atoms with van der Waals surface area (Å²) in [4.78, 5) is 14.4. The maximum Gasteiger partial charge on any atom is 0.219 e. The minimum absolute atomic E-state index is 0.0379. The monoisotopic (exact) mass is 281 g/mol. The van der Waals surface area contributed by atoms with E-state index in [9.17, 15) is 9.90 Å². The van der Waals surface area contributed by atoms with Gasteiger partial charge in [0.05, 0.1) is 0 Å². The lowest BCUT2D eigenvalue weighted by Gasteiger charge is -2.09. The fraction of sp³-hybridized carbons (Fsp3) is 0.308. The van der Waals surface area contributed by atoms with Crippen LogP contribution in [0, 0.1) is 0 Å². The zero-order valence-corrected chi connectivity index (χ0v) is 11.7. The van der Waals surface area contributed by atoms with Crippen LogP contribution in [0.3, 0.4) is 0 Å². The standard InChI is InChI=1S/C13H15NO2S2/c1-2-13(16)14-8-9(15)10-5-6-12(18-10)11-4-3-7-17-11/h3-7,9,15H,2,8H2,1H3,(H,14,16)/t9-/m0/s1. The second-order valence-corrected chi connectivity index (χ2v) is 5.92. The predicted molar refractivity (Wildman–Crippen MR) is 75.9 cm³/mol. The van der Waals surface area contributed by atoms with E-state index in [1.807, 2.05) is 23.6 Å². The number of amides is 1. The van der Waals surface area contributed by atoms with Crippen molar-refractivity contribution in [1.29, 1.82) is 0 Å². The summed E-state index contributed by atoms with van der Waals surface area (Å²) in [5.41, 5.74) is 0. The van der Waals surface area contributed by atoms with Crippen LogP contribution < -0.4 is 5.32 Å². The van der Waals surface area contributed by atoms with Crippen molar-refractivity contribution in [2.24, 2.45) is 0 Å². The largest absolute Gasteiger partial charge is 0.386 e. The van der Waals surface area contributed by atoms with Gasteiger partial charge in [0, 0.05) is 27.6 Å². The molecule has 0 saturated heterocycles. The quantitative estimate of drug-likeness (QED) is 0.885. The van der Waals surface area contributed by atoms with Crippen LogP contribution in [0.15, 0.2) is 29.6 Å². The van der Waals surface area contributed by atoms with Crippen LogP contribution in [0.1, 0.15) is 24.3 Å². The Morgan fingerprint density at radius 1 is 1.39 bits per heavy atom. The number of nitrogens with one attached hydrogen (secondary N) is 1. The van der Waals surface area contributed by atoms with Gasteiger partial charge in [0.1, 0.15) is 6.10 Å². The molecule has 0 aliphatic rings. The molecule has 2 N–H and O–H groups in total. The van der Waals surface area contributed by atoms with Gasteiger partial charge in [0.25, 0.3) is 0 Å². The number of thiophene rings is 2.